The molecule has 0 spiro atoms. The summed E-state index contributed by atoms with van der Waals surface area (Å²) in [5.41, 5.74) is -0.783. The third-order valence-electron chi connectivity index (χ3n) is 2.80. The molecular formula is C8H14FN. The lowest BCUT2D eigenvalue weighted by Crippen LogP contribution is -2.37. The molecule has 3 fully saturated rings. The lowest BCUT2D eigenvalue weighted by molar-refractivity contribution is 0.106. The van der Waals surface area contributed by atoms with Crippen LogP contribution in [0.2, 0.25) is 0 Å². The van der Waals surface area contributed by atoms with Gasteiger partial charge in [-0.25, -0.2) is 4.39 Å². The van der Waals surface area contributed by atoms with Crippen molar-refractivity contribution in [3.63, 3.8) is 0 Å². The largest absolute Gasteiger partial charge is 0.295 e. The number of alkyl halides is 1. The molecule has 0 radical (unpaired) electrons. The van der Waals surface area contributed by atoms with E-state index in [1.54, 1.807) is 0 Å². The highest BCUT2D eigenvalue weighted by Gasteiger charge is 2.56. The van der Waals surface area contributed by atoms with E-state index in [1.165, 1.54) is 0 Å². The molecule has 2 saturated heterocycles. The Labute approximate surface area is 61.2 Å². The first-order valence-corrected chi connectivity index (χ1v) is 4.05. The van der Waals surface area contributed by atoms with Gasteiger partial charge in [0.15, 0.2) is 0 Å². The van der Waals surface area contributed by atoms with Crippen LogP contribution < -0.4 is 0 Å². The molecule has 2 aliphatic heterocycles. The standard InChI is InChI=1S/C8H14FN/c1-6(2)10-5-8(9)3-7(10)4-8/h6-7H,3-5H2,1-2H3. The van der Waals surface area contributed by atoms with Crippen LogP contribution in [0.4, 0.5) is 4.39 Å². The number of fused-ring (bicyclic) bond motifs is 1. The molecule has 58 valence electrons. The van der Waals surface area contributed by atoms with E-state index in [9.17, 15) is 4.39 Å². The predicted molar refractivity (Wildman–Crippen MR) is 38.7 cm³/mol. The van der Waals surface area contributed by atoms with E-state index in [0.29, 0.717) is 18.6 Å². The number of halogens is 1. The molecule has 1 saturated carbocycles. The van der Waals surface area contributed by atoms with E-state index in [0.717, 1.165) is 12.8 Å². The predicted octanol–water partition coefficient (Wildman–Crippen LogP) is 1.58. The van der Waals surface area contributed by atoms with Crippen LogP contribution >= 0.6 is 0 Å². The number of hydrogen-bond donors (Lipinski definition) is 0. The fraction of sp³-hybridized carbons (Fsp3) is 1.00. The van der Waals surface area contributed by atoms with Crippen LogP contribution in [-0.4, -0.2) is 29.2 Å². The van der Waals surface area contributed by atoms with Gasteiger partial charge in [-0.2, -0.15) is 0 Å². The minimum absolute atomic E-state index is 0.533. The fourth-order valence-corrected chi connectivity index (χ4v) is 2.21. The van der Waals surface area contributed by atoms with Crippen LogP contribution in [-0.2, 0) is 0 Å². The third kappa shape index (κ3) is 0.715. The molecule has 10 heavy (non-hydrogen) atoms. The molecule has 0 aromatic heterocycles. The number of nitrogens with zero attached hydrogens (tertiary/aromatic N) is 1. The summed E-state index contributed by atoms with van der Waals surface area (Å²) in [6.45, 7) is 4.98. The molecule has 2 heteroatoms. The fourth-order valence-electron chi connectivity index (χ4n) is 2.21. The van der Waals surface area contributed by atoms with Crippen molar-refractivity contribution in [3.05, 3.63) is 0 Å². The smallest absolute Gasteiger partial charge is 0.126 e. The minimum Gasteiger partial charge on any atom is -0.295 e. The Bertz CT molecular complexity index is 149. The summed E-state index contributed by atoms with van der Waals surface area (Å²) in [7, 11) is 0. The molecule has 0 unspecified atom stereocenters. The molecule has 2 bridgehead atoms. The molecule has 0 aromatic rings. The topological polar surface area (TPSA) is 3.24 Å². The van der Waals surface area contributed by atoms with Crippen molar-refractivity contribution in [3.8, 4) is 0 Å². The molecule has 0 atom stereocenters. The molecule has 0 aromatic carbocycles. The average Bonchev–Trinajstić information content (AvgIpc) is 2.17. The van der Waals surface area contributed by atoms with Crippen LogP contribution in [0.1, 0.15) is 26.7 Å². The second-order valence-electron chi connectivity index (χ2n) is 3.98. The molecule has 1 nitrogen and oxygen atoms in total. The zero-order valence-electron chi connectivity index (χ0n) is 6.60. The highest BCUT2D eigenvalue weighted by atomic mass is 19.1. The Balaban J connectivity index is 2.05. The van der Waals surface area contributed by atoms with Gasteiger partial charge in [0.05, 0.1) is 0 Å². The van der Waals surface area contributed by atoms with Crippen molar-refractivity contribution >= 4 is 0 Å². The molecule has 0 N–H and O–H groups in total. The quantitative estimate of drug-likeness (QED) is 0.538. The monoisotopic (exact) mass is 143 g/mol. The van der Waals surface area contributed by atoms with Gasteiger partial charge >= 0.3 is 0 Å². The maximum Gasteiger partial charge on any atom is 0.126 e. The zero-order valence-corrected chi connectivity index (χ0v) is 6.60. The van der Waals surface area contributed by atoms with E-state index in [4.69, 9.17) is 0 Å². The van der Waals surface area contributed by atoms with Crippen LogP contribution in [0, 0.1) is 0 Å². The Kier molecular flexibility index (Phi) is 1.14. The summed E-state index contributed by atoms with van der Waals surface area (Å²) in [5.74, 6) is 0. The normalized spacial score (nSPS) is 46.2. The highest BCUT2D eigenvalue weighted by molar-refractivity contribution is 5.10. The Morgan fingerprint density at radius 2 is 2.10 bits per heavy atom. The summed E-state index contributed by atoms with van der Waals surface area (Å²) in [4.78, 5) is 2.28. The van der Waals surface area contributed by atoms with Gasteiger partial charge < -0.3 is 0 Å². The number of hydrogen-bond acceptors (Lipinski definition) is 1. The van der Waals surface area contributed by atoms with Crippen LogP contribution in [0.3, 0.4) is 0 Å². The van der Waals surface area contributed by atoms with Gasteiger partial charge in [-0.1, -0.05) is 0 Å². The first-order valence-electron chi connectivity index (χ1n) is 4.05. The van der Waals surface area contributed by atoms with Gasteiger partial charge in [-0.05, 0) is 26.7 Å². The average molecular weight is 143 g/mol. The summed E-state index contributed by atoms with van der Waals surface area (Å²) >= 11 is 0. The van der Waals surface area contributed by atoms with Crippen molar-refractivity contribution in [1.29, 1.82) is 0 Å². The van der Waals surface area contributed by atoms with Crippen molar-refractivity contribution in [2.45, 2.75) is 44.4 Å². The third-order valence-corrected chi connectivity index (χ3v) is 2.80. The van der Waals surface area contributed by atoms with Gasteiger partial charge in [0, 0.05) is 18.6 Å². The summed E-state index contributed by atoms with van der Waals surface area (Å²) in [6.07, 6.45) is 1.59. The van der Waals surface area contributed by atoms with Crippen molar-refractivity contribution in [1.82, 2.24) is 4.90 Å². The second kappa shape index (κ2) is 1.73. The van der Waals surface area contributed by atoms with Gasteiger partial charge in [0.2, 0.25) is 0 Å². The summed E-state index contributed by atoms with van der Waals surface area (Å²) in [6, 6.07) is 1.11. The molecule has 2 heterocycles. The summed E-state index contributed by atoms with van der Waals surface area (Å²) in [5, 5.41) is 0. The second-order valence-corrected chi connectivity index (χ2v) is 3.98. The lowest BCUT2D eigenvalue weighted by Gasteiger charge is -2.31. The van der Waals surface area contributed by atoms with Crippen molar-refractivity contribution in [2.24, 2.45) is 0 Å². The van der Waals surface area contributed by atoms with E-state index in [-0.39, 0.29) is 0 Å². The van der Waals surface area contributed by atoms with Gasteiger partial charge in [-0.3, -0.25) is 4.90 Å². The number of rotatable bonds is 1. The van der Waals surface area contributed by atoms with E-state index in [1.807, 2.05) is 0 Å². The molecule has 1 aliphatic carbocycles. The van der Waals surface area contributed by atoms with Crippen molar-refractivity contribution in [2.75, 3.05) is 6.54 Å². The first-order chi connectivity index (χ1) is 4.61. The zero-order chi connectivity index (χ0) is 7.35. The molecule has 3 rings (SSSR count). The van der Waals surface area contributed by atoms with Gasteiger partial charge in [-0.15, -0.1) is 0 Å². The lowest BCUT2D eigenvalue weighted by atomic mass is 9.83. The van der Waals surface area contributed by atoms with E-state index >= 15 is 0 Å². The maximum absolute atomic E-state index is 13.2. The van der Waals surface area contributed by atoms with Crippen LogP contribution in [0.25, 0.3) is 0 Å². The van der Waals surface area contributed by atoms with E-state index in [2.05, 4.69) is 18.7 Å². The van der Waals surface area contributed by atoms with E-state index < -0.39 is 5.67 Å². The Morgan fingerprint density at radius 3 is 2.30 bits per heavy atom. The molecule has 0 amide bonds. The van der Waals surface area contributed by atoms with Gasteiger partial charge in [0.1, 0.15) is 5.67 Å². The minimum atomic E-state index is -0.783. The maximum atomic E-state index is 13.2. The molecule has 3 aliphatic rings. The van der Waals surface area contributed by atoms with Crippen molar-refractivity contribution < 1.29 is 4.39 Å². The van der Waals surface area contributed by atoms with Gasteiger partial charge in [0.25, 0.3) is 0 Å². The Morgan fingerprint density at radius 1 is 1.50 bits per heavy atom. The Hall–Kier alpha value is -0.110. The first kappa shape index (κ1) is 6.59. The van der Waals surface area contributed by atoms with Crippen LogP contribution in [0.5, 0.6) is 0 Å². The molecular weight excluding hydrogens is 129 g/mol. The SMILES string of the molecule is CC(C)N1CC2(F)CC1C2. The highest BCUT2D eigenvalue weighted by Crippen LogP contribution is 2.47. The summed E-state index contributed by atoms with van der Waals surface area (Å²) < 4.78 is 13.2. The van der Waals surface area contributed by atoms with Crippen LogP contribution in [0.15, 0.2) is 0 Å².